The van der Waals surface area contributed by atoms with Crippen LogP contribution in [0.25, 0.3) is 5.69 Å². The Balaban J connectivity index is 1.39. The number of carbonyl (C=O) groups excluding carboxylic acids is 3. The zero-order valence-corrected chi connectivity index (χ0v) is 19.5. The van der Waals surface area contributed by atoms with Crippen LogP contribution in [0.1, 0.15) is 25.8 Å². The van der Waals surface area contributed by atoms with E-state index in [1.54, 1.807) is 47.9 Å². The van der Waals surface area contributed by atoms with Crippen LogP contribution in [0.3, 0.4) is 0 Å². The quantitative estimate of drug-likeness (QED) is 0.574. The highest BCUT2D eigenvalue weighted by Gasteiger charge is 2.50. The van der Waals surface area contributed by atoms with E-state index in [0.29, 0.717) is 23.0 Å². The predicted octanol–water partition coefficient (Wildman–Crippen LogP) is 2.35. The summed E-state index contributed by atoms with van der Waals surface area (Å²) >= 11 is 1.73. The monoisotopic (exact) mass is 477 g/mol. The number of urea groups is 1. The third-order valence-corrected chi connectivity index (χ3v) is 7.39. The van der Waals surface area contributed by atoms with Crippen LogP contribution in [0.2, 0.25) is 0 Å². The number of hydrogen-bond acceptors (Lipinski definition) is 7. The van der Waals surface area contributed by atoms with Gasteiger partial charge in [-0.1, -0.05) is 31.2 Å². The maximum atomic E-state index is 13.4. The van der Waals surface area contributed by atoms with Crippen molar-refractivity contribution in [3.8, 4) is 5.69 Å². The van der Waals surface area contributed by atoms with Crippen molar-refractivity contribution in [1.82, 2.24) is 30.4 Å². The van der Waals surface area contributed by atoms with Gasteiger partial charge in [-0.3, -0.25) is 14.5 Å². The van der Waals surface area contributed by atoms with Crippen molar-refractivity contribution in [2.24, 2.45) is 0 Å². The van der Waals surface area contributed by atoms with Gasteiger partial charge in [-0.2, -0.15) is 0 Å². The van der Waals surface area contributed by atoms with Crippen LogP contribution in [0, 0.1) is 0 Å². The first kappa shape index (κ1) is 22.1. The summed E-state index contributed by atoms with van der Waals surface area (Å²) in [5.74, 6) is -0.775. The summed E-state index contributed by atoms with van der Waals surface area (Å²) in [5.41, 5.74) is 0.709. The van der Waals surface area contributed by atoms with Gasteiger partial charge >= 0.3 is 6.03 Å². The number of imide groups is 1. The molecule has 2 atom stereocenters. The third-order valence-electron chi connectivity index (χ3n) is 6.15. The van der Waals surface area contributed by atoms with Crippen molar-refractivity contribution < 1.29 is 14.4 Å². The van der Waals surface area contributed by atoms with Crippen molar-refractivity contribution in [2.45, 2.75) is 36.0 Å². The van der Waals surface area contributed by atoms with E-state index in [0.717, 1.165) is 21.9 Å². The van der Waals surface area contributed by atoms with Gasteiger partial charge in [-0.05, 0) is 53.6 Å². The Hall–Kier alpha value is -3.73. The highest BCUT2D eigenvalue weighted by atomic mass is 32.2. The molecule has 3 aromatic rings. The molecule has 4 amide bonds. The van der Waals surface area contributed by atoms with Gasteiger partial charge in [-0.25, -0.2) is 9.48 Å². The van der Waals surface area contributed by atoms with Gasteiger partial charge in [0.1, 0.15) is 18.4 Å². The van der Waals surface area contributed by atoms with E-state index in [2.05, 4.69) is 27.8 Å². The normalized spacial score (nSPS) is 22.4. The molecule has 1 N–H and O–H groups in total. The van der Waals surface area contributed by atoms with E-state index in [9.17, 15) is 14.4 Å². The fraction of sp³-hybridized carbons (Fsp3) is 0.304. The molecule has 2 aliphatic heterocycles. The topological polar surface area (TPSA) is 113 Å². The van der Waals surface area contributed by atoms with Gasteiger partial charge in [0.05, 0.1) is 11.4 Å². The second-order valence-corrected chi connectivity index (χ2v) is 9.96. The lowest BCUT2D eigenvalue weighted by atomic mass is 9.91. The number of hydrogen-bond donors (Lipinski definition) is 1. The number of anilines is 1. The summed E-state index contributed by atoms with van der Waals surface area (Å²) in [4.78, 5) is 43.3. The molecule has 3 heterocycles. The first-order valence-corrected chi connectivity index (χ1v) is 11.8. The highest BCUT2D eigenvalue weighted by molar-refractivity contribution is 8.00. The Morgan fingerprint density at radius 3 is 2.82 bits per heavy atom. The van der Waals surface area contributed by atoms with Crippen LogP contribution in [0.15, 0.2) is 59.8 Å². The van der Waals surface area contributed by atoms with E-state index in [4.69, 9.17) is 0 Å². The van der Waals surface area contributed by atoms with E-state index >= 15 is 0 Å². The SMILES string of the molecule is CC1CCN(C(=O)CN2C(=O)NC(C)(c3cccc(-n4cnnn4)c3)C2=O)c2ccccc2S1. The number of thioether (sulfide) groups is 1. The molecule has 1 fully saturated rings. The molecule has 0 spiro atoms. The van der Waals surface area contributed by atoms with Crippen molar-refractivity contribution in [1.29, 1.82) is 0 Å². The molecule has 0 bridgehead atoms. The van der Waals surface area contributed by atoms with Crippen molar-refractivity contribution >= 4 is 35.3 Å². The maximum Gasteiger partial charge on any atom is 0.325 e. The van der Waals surface area contributed by atoms with E-state index in [1.807, 2.05) is 24.3 Å². The Morgan fingerprint density at radius 2 is 2.03 bits per heavy atom. The summed E-state index contributed by atoms with van der Waals surface area (Å²) < 4.78 is 1.46. The number of aromatic nitrogens is 4. The summed E-state index contributed by atoms with van der Waals surface area (Å²) in [6, 6.07) is 14.2. The molecule has 2 unspecified atom stereocenters. The standard InChI is InChI=1S/C23H23N7O3S/c1-15-10-11-28(18-8-3-4-9-19(18)34-15)20(31)13-29-21(32)23(2,25-22(29)33)16-6-5-7-17(12-16)30-14-24-26-27-30/h3-9,12,14-15H,10-11,13H2,1-2H3,(H,25,33). The molecule has 11 heteroatoms. The van der Waals surface area contributed by atoms with Crippen LogP contribution in [-0.4, -0.2) is 61.3 Å². The number of tetrazole rings is 1. The molecule has 1 aromatic heterocycles. The minimum atomic E-state index is -1.32. The number of fused-ring (bicyclic) bond motifs is 1. The molecule has 0 radical (unpaired) electrons. The second-order valence-electron chi connectivity index (χ2n) is 8.48. The van der Waals surface area contributed by atoms with E-state index < -0.39 is 17.5 Å². The highest BCUT2D eigenvalue weighted by Crippen LogP contribution is 2.37. The molecule has 174 valence electrons. The smallest absolute Gasteiger partial charge is 0.319 e. The molecular formula is C23H23N7O3S. The van der Waals surface area contributed by atoms with Crippen LogP contribution in [0.4, 0.5) is 10.5 Å². The first-order valence-electron chi connectivity index (χ1n) is 10.9. The third kappa shape index (κ3) is 3.81. The van der Waals surface area contributed by atoms with Gasteiger partial charge in [0.2, 0.25) is 5.91 Å². The predicted molar refractivity (Wildman–Crippen MR) is 125 cm³/mol. The summed E-state index contributed by atoms with van der Waals surface area (Å²) in [6.45, 7) is 3.96. The molecule has 0 saturated carbocycles. The number of nitrogens with one attached hydrogen (secondary N) is 1. The lowest BCUT2D eigenvalue weighted by Crippen LogP contribution is -2.45. The van der Waals surface area contributed by atoms with Gasteiger partial charge in [0, 0.05) is 16.7 Å². The molecule has 10 nitrogen and oxygen atoms in total. The molecule has 1 saturated heterocycles. The van der Waals surface area contributed by atoms with Crippen LogP contribution >= 0.6 is 11.8 Å². The minimum absolute atomic E-state index is 0.294. The van der Waals surface area contributed by atoms with E-state index in [-0.39, 0.29) is 12.5 Å². The number of benzene rings is 2. The lowest BCUT2D eigenvalue weighted by molar-refractivity contribution is -0.134. The van der Waals surface area contributed by atoms with E-state index in [1.165, 1.54) is 11.0 Å². The van der Waals surface area contributed by atoms with Crippen molar-refractivity contribution in [2.75, 3.05) is 18.0 Å². The second kappa shape index (κ2) is 8.56. The molecular weight excluding hydrogens is 454 g/mol. The Kier molecular flexibility index (Phi) is 5.56. The number of nitrogens with zero attached hydrogens (tertiary/aromatic N) is 6. The largest absolute Gasteiger partial charge is 0.325 e. The number of para-hydroxylation sites is 1. The average Bonchev–Trinajstić information content (AvgIpc) is 3.39. The van der Waals surface area contributed by atoms with Crippen molar-refractivity contribution in [3.05, 3.63) is 60.4 Å². The Morgan fingerprint density at radius 1 is 1.21 bits per heavy atom. The average molecular weight is 478 g/mol. The van der Waals surface area contributed by atoms with Gasteiger partial charge in [-0.15, -0.1) is 16.9 Å². The van der Waals surface area contributed by atoms with Crippen LogP contribution < -0.4 is 10.2 Å². The molecule has 34 heavy (non-hydrogen) atoms. The fourth-order valence-electron chi connectivity index (χ4n) is 4.24. The number of rotatable bonds is 4. The zero-order chi connectivity index (χ0) is 23.9. The fourth-order valence-corrected chi connectivity index (χ4v) is 5.35. The molecule has 2 aromatic carbocycles. The maximum absolute atomic E-state index is 13.4. The van der Waals surface area contributed by atoms with Crippen LogP contribution in [0.5, 0.6) is 0 Å². The summed E-state index contributed by atoms with van der Waals surface area (Å²) in [7, 11) is 0. The summed E-state index contributed by atoms with van der Waals surface area (Å²) in [5, 5.41) is 14.3. The summed E-state index contributed by atoms with van der Waals surface area (Å²) in [6.07, 6.45) is 2.26. The number of amides is 4. The van der Waals surface area contributed by atoms with Crippen LogP contribution in [-0.2, 0) is 15.1 Å². The van der Waals surface area contributed by atoms with Gasteiger partial charge in [0.15, 0.2) is 0 Å². The number of carbonyl (C=O) groups is 3. The lowest BCUT2D eigenvalue weighted by Gasteiger charge is -2.25. The first-order chi connectivity index (χ1) is 16.4. The van der Waals surface area contributed by atoms with Crippen molar-refractivity contribution in [3.63, 3.8) is 0 Å². The molecule has 5 rings (SSSR count). The minimum Gasteiger partial charge on any atom is -0.319 e. The Bertz CT molecular complexity index is 1260. The zero-order valence-electron chi connectivity index (χ0n) is 18.7. The molecule has 2 aliphatic rings. The van der Waals surface area contributed by atoms with Gasteiger partial charge < -0.3 is 10.2 Å². The van der Waals surface area contributed by atoms with Gasteiger partial charge in [0.25, 0.3) is 5.91 Å². The molecule has 0 aliphatic carbocycles. The Labute approximate surface area is 200 Å².